The van der Waals surface area contributed by atoms with Crippen LogP contribution in [0.15, 0.2) is 20.0 Å². The van der Waals surface area contributed by atoms with Crippen molar-refractivity contribution in [1.82, 2.24) is 9.62 Å². The SMILES string of the molecule is CCCNCc1cc(S(=O)(=O)N2CCCC2CC)c(Br)o1. The van der Waals surface area contributed by atoms with E-state index in [0.29, 0.717) is 23.5 Å². The minimum Gasteiger partial charge on any atom is -0.452 e. The van der Waals surface area contributed by atoms with Gasteiger partial charge in [0.2, 0.25) is 10.0 Å². The summed E-state index contributed by atoms with van der Waals surface area (Å²) in [6, 6.07) is 1.74. The minimum atomic E-state index is -3.48. The first-order valence-electron chi connectivity index (χ1n) is 7.51. The molecule has 120 valence electrons. The van der Waals surface area contributed by atoms with Crippen LogP contribution in [-0.2, 0) is 16.6 Å². The van der Waals surface area contributed by atoms with Crippen molar-refractivity contribution in [3.63, 3.8) is 0 Å². The van der Waals surface area contributed by atoms with Gasteiger partial charge in [-0.3, -0.25) is 0 Å². The molecule has 1 aromatic heterocycles. The van der Waals surface area contributed by atoms with Crippen molar-refractivity contribution in [3.05, 3.63) is 16.5 Å². The van der Waals surface area contributed by atoms with Gasteiger partial charge in [-0.05, 0) is 48.2 Å². The number of nitrogens with zero attached hydrogens (tertiary/aromatic N) is 1. The number of furan rings is 1. The van der Waals surface area contributed by atoms with Gasteiger partial charge < -0.3 is 9.73 Å². The van der Waals surface area contributed by atoms with E-state index >= 15 is 0 Å². The summed E-state index contributed by atoms with van der Waals surface area (Å²) in [4.78, 5) is 0.246. The fraction of sp³-hybridized carbons (Fsp3) is 0.714. The summed E-state index contributed by atoms with van der Waals surface area (Å²) < 4.78 is 33.0. The molecule has 1 fully saturated rings. The Balaban J connectivity index is 2.20. The van der Waals surface area contributed by atoms with Crippen LogP contribution in [-0.4, -0.2) is 31.9 Å². The van der Waals surface area contributed by atoms with Crippen LogP contribution in [0.5, 0.6) is 0 Å². The number of halogens is 1. The predicted octanol–water partition coefficient (Wildman–Crippen LogP) is 3.10. The van der Waals surface area contributed by atoms with Gasteiger partial charge in [-0.25, -0.2) is 8.42 Å². The molecule has 0 aliphatic carbocycles. The van der Waals surface area contributed by atoms with E-state index in [0.717, 1.165) is 32.2 Å². The molecule has 1 aliphatic heterocycles. The lowest BCUT2D eigenvalue weighted by Crippen LogP contribution is -2.35. The molecule has 0 spiro atoms. The highest BCUT2D eigenvalue weighted by molar-refractivity contribution is 9.10. The number of nitrogens with one attached hydrogen (secondary N) is 1. The molecule has 1 N–H and O–H groups in total. The van der Waals surface area contributed by atoms with Gasteiger partial charge in [0.15, 0.2) is 4.67 Å². The van der Waals surface area contributed by atoms with Crippen molar-refractivity contribution in [1.29, 1.82) is 0 Å². The third-order valence-electron chi connectivity index (χ3n) is 3.81. The van der Waals surface area contributed by atoms with Gasteiger partial charge in [-0.2, -0.15) is 4.31 Å². The van der Waals surface area contributed by atoms with Gasteiger partial charge >= 0.3 is 0 Å². The Bertz CT molecular complexity index is 571. The van der Waals surface area contributed by atoms with Crippen LogP contribution < -0.4 is 5.32 Å². The molecule has 1 atom stereocenters. The predicted molar refractivity (Wildman–Crippen MR) is 85.6 cm³/mol. The van der Waals surface area contributed by atoms with Crippen LogP contribution in [0.25, 0.3) is 0 Å². The zero-order valence-corrected chi connectivity index (χ0v) is 15.0. The minimum absolute atomic E-state index is 0.110. The van der Waals surface area contributed by atoms with E-state index in [1.807, 2.05) is 6.92 Å². The maximum atomic E-state index is 12.8. The molecule has 0 bridgehead atoms. The molecule has 1 aliphatic rings. The molecular weight excluding hydrogens is 356 g/mol. The summed E-state index contributed by atoms with van der Waals surface area (Å²) in [5, 5.41) is 3.21. The number of sulfonamides is 1. The molecule has 1 unspecified atom stereocenters. The second-order valence-electron chi connectivity index (χ2n) is 5.35. The third kappa shape index (κ3) is 3.70. The van der Waals surface area contributed by atoms with Crippen LogP contribution in [0, 0.1) is 0 Å². The van der Waals surface area contributed by atoms with E-state index in [2.05, 4.69) is 28.2 Å². The largest absolute Gasteiger partial charge is 0.452 e. The Hall–Kier alpha value is -0.370. The molecule has 2 heterocycles. The Labute approximate surface area is 135 Å². The van der Waals surface area contributed by atoms with Gasteiger partial charge in [-0.15, -0.1) is 0 Å². The van der Waals surface area contributed by atoms with E-state index in [-0.39, 0.29) is 10.9 Å². The summed E-state index contributed by atoms with van der Waals surface area (Å²) in [5.41, 5.74) is 0. The quantitative estimate of drug-likeness (QED) is 0.740. The van der Waals surface area contributed by atoms with Crippen molar-refractivity contribution in [2.75, 3.05) is 13.1 Å². The Morgan fingerprint density at radius 1 is 1.48 bits per heavy atom. The molecule has 21 heavy (non-hydrogen) atoms. The molecule has 0 saturated carbocycles. The van der Waals surface area contributed by atoms with E-state index in [9.17, 15) is 8.42 Å². The van der Waals surface area contributed by atoms with E-state index in [4.69, 9.17) is 4.42 Å². The molecular formula is C14H23BrN2O3S. The fourth-order valence-corrected chi connectivity index (χ4v) is 5.44. The second-order valence-corrected chi connectivity index (χ2v) is 7.93. The highest BCUT2D eigenvalue weighted by Gasteiger charge is 2.36. The third-order valence-corrected chi connectivity index (χ3v) is 6.62. The lowest BCUT2D eigenvalue weighted by Gasteiger charge is -2.22. The summed E-state index contributed by atoms with van der Waals surface area (Å²) >= 11 is 3.25. The van der Waals surface area contributed by atoms with Gasteiger partial charge in [0.05, 0.1) is 6.54 Å². The zero-order valence-electron chi connectivity index (χ0n) is 12.6. The second kappa shape index (κ2) is 7.26. The van der Waals surface area contributed by atoms with Gasteiger partial charge in [0, 0.05) is 18.7 Å². The van der Waals surface area contributed by atoms with Crippen LogP contribution in [0.2, 0.25) is 0 Å². The van der Waals surface area contributed by atoms with Gasteiger partial charge in [0.1, 0.15) is 10.7 Å². The molecule has 5 nitrogen and oxygen atoms in total. The number of rotatable bonds is 7. The number of hydrogen-bond acceptors (Lipinski definition) is 4. The fourth-order valence-electron chi connectivity index (χ4n) is 2.71. The zero-order chi connectivity index (χ0) is 15.5. The average Bonchev–Trinajstić information content (AvgIpc) is 3.06. The van der Waals surface area contributed by atoms with Crippen LogP contribution in [0.3, 0.4) is 0 Å². The molecule has 7 heteroatoms. The first kappa shape index (κ1) is 17.0. The highest BCUT2D eigenvalue weighted by atomic mass is 79.9. The lowest BCUT2D eigenvalue weighted by molar-refractivity contribution is 0.378. The number of hydrogen-bond donors (Lipinski definition) is 1. The first-order chi connectivity index (χ1) is 10.0. The summed E-state index contributed by atoms with van der Waals surface area (Å²) in [7, 11) is -3.48. The average molecular weight is 379 g/mol. The Kier molecular flexibility index (Phi) is 5.88. The molecule has 1 aromatic rings. The van der Waals surface area contributed by atoms with Crippen molar-refractivity contribution >= 4 is 26.0 Å². The van der Waals surface area contributed by atoms with Crippen LogP contribution >= 0.6 is 15.9 Å². The topological polar surface area (TPSA) is 62.6 Å². The first-order valence-corrected chi connectivity index (χ1v) is 9.74. The normalized spacial score (nSPS) is 20.2. The van der Waals surface area contributed by atoms with Crippen LogP contribution in [0.1, 0.15) is 45.3 Å². The van der Waals surface area contributed by atoms with Crippen molar-refractivity contribution in [3.8, 4) is 0 Å². The standard InChI is InChI=1S/C14H23BrN2O3S/c1-3-7-16-10-12-9-13(14(15)20-12)21(18,19)17-8-5-6-11(17)4-2/h9,11,16H,3-8,10H2,1-2H3. The molecule has 0 aromatic carbocycles. The van der Waals surface area contributed by atoms with Crippen LogP contribution in [0.4, 0.5) is 0 Å². The van der Waals surface area contributed by atoms with Gasteiger partial charge in [-0.1, -0.05) is 13.8 Å². The summed E-state index contributed by atoms with van der Waals surface area (Å²) in [6.07, 6.45) is 3.74. The Morgan fingerprint density at radius 3 is 2.90 bits per heavy atom. The van der Waals surface area contributed by atoms with Crippen molar-refractivity contribution in [2.24, 2.45) is 0 Å². The monoisotopic (exact) mass is 378 g/mol. The Morgan fingerprint density at radius 2 is 2.24 bits per heavy atom. The van der Waals surface area contributed by atoms with Gasteiger partial charge in [0.25, 0.3) is 0 Å². The molecule has 1 saturated heterocycles. The maximum Gasteiger partial charge on any atom is 0.247 e. The summed E-state index contributed by atoms with van der Waals surface area (Å²) in [6.45, 7) is 6.13. The van der Waals surface area contributed by atoms with E-state index in [1.54, 1.807) is 10.4 Å². The molecule has 0 amide bonds. The maximum absolute atomic E-state index is 12.8. The molecule has 0 radical (unpaired) electrons. The van der Waals surface area contributed by atoms with Crippen molar-refractivity contribution in [2.45, 2.75) is 57.0 Å². The summed E-state index contributed by atoms with van der Waals surface area (Å²) in [5.74, 6) is 0.640. The van der Waals surface area contributed by atoms with E-state index in [1.165, 1.54) is 0 Å². The smallest absolute Gasteiger partial charge is 0.247 e. The van der Waals surface area contributed by atoms with Crippen molar-refractivity contribution < 1.29 is 12.8 Å². The lowest BCUT2D eigenvalue weighted by atomic mass is 10.2. The van der Waals surface area contributed by atoms with E-state index < -0.39 is 10.0 Å². The highest BCUT2D eigenvalue weighted by Crippen LogP contribution is 2.33. The molecule has 2 rings (SSSR count).